The van der Waals surface area contributed by atoms with E-state index >= 15 is 0 Å². The van der Waals surface area contributed by atoms with Gasteiger partial charge in [-0.05, 0) is 26.3 Å². The second kappa shape index (κ2) is 13.8. The van der Waals surface area contributed by atoms with Crippen LogP contribution in [0.4, 0.5) is 0 Å². The van der Waals surface area contributed by atoms with Crippen molar-refractivity contribution in [3.8, 4) is 0 Å². The van der Waals surface area contributed by atoms with Crippen molar-refractivity contribution in [3.05, 3.63) is 24.0 Å². The maximum atomic E-state index is 4.76. The summed E-state index contributed by atoms with van der Waals surface area (Å²) in [5.41, 5.74) is 1.41. The van der Waals surface area contributed by atoms with Crippen molar-refractivity contribution in [2.24, 2.45) is 0 Å². The van der Waals surface area contributed by atoms with E-state index in [0.29, 0.717) is 0 Å². The molecule has 1 rings (SSSR count). The van der Waals surface area contributed by atoms with Gasteiger partial charge >= 0.3 is 0 Å². The zero-order valence-corrected chi connectivity index (χ0v) is 9.76. The molecule has 0 unspecified atom stereocenters. The maximum Gasteiger partial charge on any atom is 0.0908 e. The Bertz CT molecular complexity index is 124. The van der Waals surface area contributed by atoms with Gasteiger partial charge in [-0.25, -0.2) is 0 Å². The molecule has 0 aliphatic carbocycles. The predicted molar refractivity (Wildman–Crippen MR) is 60.8 cm³/mol. The van der Waals surface area contributed by atoms with Crippen molar-refractivity contribution < 1.29 is 4.74 Å². The average molecular weight is 184 g/mol. The third kappa shape index (κ3) is 18.3. The minimum Gasteiger partial charge on any atom is -0.501 e. The SMILES string of the molecule is C1=COCC1.CC.CCC=C(C)C. The molecule has 0 amide bonds. The Morgan fingerprint density at radius 1 is 1.38 bits per heavy atom. The quantitative estimate of drug-likeness (QED) is 0.552. The summed E-state index contributed by atoms with van der Waals surface area (Å²) >= 11 is 0. The molecular formula is C12H24O. The van der Waals surface area contributed by atoms with E-state index in [-0.39, 0.29) is 0 Å². The summed E-state index contributed by atoms with van der Waals surface area (Å²) in [6.07, 6.45) is 8.22. The van der Waals surface area contributed by atoms with Gasteiger partial charge < -0.3 is 4.74 Å². The van der Waals surface area contributed by atoms with Gasteiger partial charge in [-0.15, -0.1) is 0 Å². The van der Waals surface area contributed by atoms with Gasteiger partial charge in [0.2, 0.25) is 0 Å². The van der Waals surface area contributed by atoms with E-state index in [0.717, 1.165) is 13.0 Å². The fourth-order valence-electron chi connectivity index (χ4n) is 0.748. The minimum atomic E-state index is 0.889. The zero-order chi connectivity index (χ0) is 10.5. The van der Waals surface area contributed by atoms with Crippen LogP contribution in [0, 0.1) is 0 Å². The summed E-state index contributed by atoms with van der Waals surface area (Å²) in [6.45, 7) is 11.3. The highest BCUT2D eigenvalue weighted by Crippen LogP contribution is 1.93. The number of allylic oxidation sites excluding steroid dienone is 2. The lowest BCUT2D eigenvalue weighted by Crippen LogP contribution is -1.70. The molecule has 0 spiro atoms. The van der Waals surface area contributed by atoms with Gasteiger partial charge in [-0.2, -0.15) is 0 Å². The molecule has 1 nitrogen and oxygen atoms in total. The average Bonchev–Trinajstić information content (AvgIpc) is 2.64. The largest absolute Gasteiger partial charge is 0.501 e. The Hall–Kier alpha value is -0.720. The van der Waals surface area contributed by atoms with Crippen LogP contribution in [0.5, 0.6) is 0 Å². The van der Waals surface area contributed by atoms with Gasteiger partial charge in [0.15, 0.2) is 0 Å². The first-order valence-electron chi connectivity index (χ1n) is 5.17. The van der Waals surface area contributed by atoms with Crippen molar-refractivity contribution in [3.63, 3.8) is 0 Å². The Balaban J connectivity index is 0. The van der Waals surface area contributed by atoms with E-state index in [1.165, 1.54) is 12.0 Å². The monoisotopic (exact) mass is 184 g/mol. The molecule has 0 atom stereocenters. The Labute approximate surface area is 83.5 Å². The second-order valence-corrected chi connectivity index (χ2v) is 2.72. The fraction of sp³-hybridized carbons (Fsp3) is 0.667. The second-order valence-electron chi connectivity index (χ2n) is 2.72. The van der Waals surface area contributed by atoms with Crippen molar-refractivity contribution in [2.45, 2.75) is 47.5 Å². The lowest BCUT2D eigenvalue weighted by molar-refractivity contribution is 0.281. The molecule has 0 saturated carbocycles. The highest BCUT2D eigenvalue weighted by atomic mass is 16.5. The van der Waals surface area contributed by atoms with E-state index in [1.54, 1.807) is 6.26 Å². The molecule has 0 radical (unpaired) electrons. The summed E-state index contributed by atoms with van der Waals surface area (Å²) < 4.78 is 4.76. The molecule has 1 heterocycles. The van der Waals surface area contributed by atoms with E-state index in [4.69, 9.17) is 4.74 Å². The van der Waals surface area contributed by atoms with Crippen LogP contribution < -0.4 is 0 Å². The van der Waals surface area contributed by atoms with Crippen LogP contribution in [0.2, 0.25) is 0 Å². The van der Waals surface area contributed by atoms with Gasteiger partial charge in [-0.1, -0.05) is 32.4 Å². The van der Waals surface area contributed by atoms with E-state index in [2.05, 4.69) is 26.8 Å². The van der Waals surface area contributed by atoms with Gasteiger partial charge in [0.25, 0.3) is 0 Å². The van der Waals surface area contributed by atoms with Gasteiger partial charge in [0.05, 0.1) is 12.9 Å². The molecular weight excluding hydrogens is 160 g/mol. The molecule has 0 bridgehead atoms. The van der Waals surface area contributed by atoms with Gasteiger partial charge in [0.1, 0.15) is 0 Å². The predicted octanol–water partition coefficient (Wildman–Crippen LogP) is 4.31. The van der Waals surface area contributed by atoms with Crippen LogP contribution in [0.25, 0.3) is 0 Å². The van der Waals surface area contributed by atoms with Gasteiger partial charge in [-0.3, -0.25) is 0 Å². The van der Waals surface area contributed by atoms with E-state index in [1.807, 2.05) is 19.9 Å². The summed E-state index contributed by atoms with van der Waals surface area (Å²) in [5, 5.41) is 0. The van der Waals surface area contributed by atoms with Crippen LogP contribution in [0.15, 0.2) is 24.0 Å². The lowest BCUT2D eigenvalue weighted by atomic mass is 10.3. The molecule has 0 aromatic heterocycles. The topological polar surface area (TPSA) is 9.23 Å². The Kier molecular flexibility index (Phi) is 15.7. The minimum absolute atomic E-state index is 0.889. The summed E-state index contributed by atoms with van der Waals surface area (Å²) in [7, 11) is 0. The fourth-order valence-corrected chi connectivity index (χ4v) is 0.748. The standard InChI is InChI=1S/C6H12.C4H6O.C2H6/c1-4-5-6(2)3;1-2-4-5-3-1;1-2/h5H,4H2,1-3H3;1,3H,2,4H2;1-2H3. The third-order valence-corrected chi connectivity index (χ3v) is 1.21. The van der Waals surface area contributed by atoms with Crippen LogP contribution in [0.3, 0.4) is 0 Å². The van der Waals surface area contributed by atoms with Crippen LogP contribution in [0.1, 0.15) is 47.5 Å². The first-order chi connectivity index (χ1) is 6.27. The summed E-state index contributed by atoms with van der Waals surface area (Å²) in [4.78, 5) is 0. The summed E-state index contributed by atoms with van der Waals surface area (Å²) in [5.74, 6) is 0. The molecule has 0 aromatic rings. The zero-order valence-electron chi connectivity index (χ0n) is 9.76. The van der Waals surface area contributed by atoms with Crippen molar-refractivity contribution in [2.75, 3.05) is 6.61 Å². The highest BCUT2D eigenvalue weighted by Gasteiger charge is 1.83. The van der Waals surface area contributed by atoms with Crippen LogP contribution >= 0.6 is 0 Å². The normalized spacial score (nSPS) is 11.5. The molecule has 1 aliphatic rings. The molecule has 1 heteroatoms. The van der Waals surface area contributed by atoms with Gasteiger partial charge in [0, 0.05) is 6.42 Å². The number of hydrogen-bond acceptors (Lipinski definition) is 1. The molecule has 1 aliphatic heterocycles. The number of rotatable bonds is 1. The van der Waals surface area contributed by atoms with Crippen LogP contribution in [-0.2, 0) is 4.74 Å². The number of hydrogen-bond donors (Lipinski definition) is 0. The first-order valence-corrected chi connectivity index (χ1v) is 5.17. The maximum absolute atomic E-state index is 4.76. The lowest BCUT2D eigenvalue weighted by Gasteiger charge is -1.80. The molecule has 0 aromatic carbocycles. The van der Waals surface area contributed by atoms with Crippen LogP contribution in [-0.4, -0.2) is 6.61 Å². The van der Waals surface area contributed by atoms with Crippen molar-refractivity contribution in [1.82, 2.24) is 0 Å². The Morgan fingerprint density at radius 3 is 2.08 bits per heavy atom. The first kappa shape index (κ1) is 14.8. The third-order valence-electron chi connectivity index (χ3n) is 1.21. The summed E-state index contributed by atoms with van der Waals surface area (Å²) in [6, 6.07) is 0. The van der Waals surface area contributed by atoms with E-state index in [9.17, 15) is 0 Å². The molecule has 13 heavy (non-hydrogen) atoms. The smallest absolute Gasteiger partial charge is 0.0908 e. The molecule has 0 saturated heterocycles. The Morgan fingerprint density at radius 2 is 2.00 bits per heavy atom. The van der Waals surface area contributed by atoms with E-state index < -0.39 is 0 Å². The highest BCUT2D eigenvalue weighted by molar-refractivity contribution is 4.91. The van der Waals surface area contributed by atoms with Crippen molar-refractivity contribution >= 4 is 0 Å². The molecule has 0 N–H and O–H groups in total. The molecule has 0 fully saturated rings. The van der Waals surface area contributed by atoms with Crippen molar-refractivity contribution in [1.29, 1.82) is 0 Å². The molecule has 78 valence electrons. The number of ether oxygens (including phenoxy) is 1.